The van der Waals surface area contributed by atoms with E-state index in [0.717, 1.165) is 0 Å². The van der Waals surface area contributed by atoms with Gasteiger partial charge in [-0.3, -0.25) is 14.4 Å². The minimum absolute atomic E-state index is 0.0428. The van der Waals surface area contributed by atoms with Gasteiger partial charge in [0.15, 0.2) is 6.10 Å². The van der Waals surface area contributed by atoms with Crippen LogP contribution in [0.15, 0.2) is 0 Å². The van der Waals surface area contributed by atoms with Gasteiger partial charge in [0.05, 0.1) is 19.6 Å². The van der Waals surface area contributed by atoms with Crippen molar-refractivity contribution >= 4 is 17.9 Å². The predicted octanol–water partition coefficient (Wildman–Crippen LogP) is -0.0976. The lowest BCUT2D eigenvalue weighted by molar-refractivity contribution is -0.393. The Morgan fingerprint density at radius 2 is 1.61 bits per heavy atom. The topological polar surface area (TPSA) is 107 Å². The third-order valence-electron chi connectivity index (χ3n) is 3.31. The highest BCUT2D eigenvalue weighted by atomic mass is 16.9. The molecule has 1 spiro atoms. The normalized spacial score (nSPS) is 29.1. The van der Waals surface area contributed by atoms with Crippen molar-refractivity contribution in [2.75, 3.05) is 19.8 Å². The molecule has 2 heterocycles. The number of carbonyl (C=O) groups is 3. The van der Waals surface area contributed by atoms with E-state index in [9.17, 15) is 14.4 Å². The second-order valence-electron chi connectivity index (χ2n) is 5.26. The summed E-state index contributed by atoms with van der Waals surface area (Å²) in [5.41, 5.74) is 0. The molecule has 2 aliphatic rings. The molecular weight excluding hydrogens is 312 g/mol. The zero-order valence-corrected chi connectivity index (χ0v) is 13.2. The molecule has 0 aromatic rings. The smallest absolute Gasteiger partial charge is 0.303 e. The molecule has 0 aliphatic carbocycles. The van der Waals surface area contributed by atoms with Crippen molar-refractivity contribution in [3.63, 3.8) is 0 Å². The van der Waals surface area contributed by atoms with Crippen LogP contribution in [-0.2, 0) is 42.8 Å². The number of ether oxygens (including phenoxy) is 6. The Labute approximate surface area is 133 Å². The highest BCUT2D eigenvalue weighted by Crippen LogP contribution is 2.37. The molecule has 2 rings (SSSR count). The lowest BCUT2D eigenvalue weighted by atomic mass is 9.99. The standard InChI is InChI=1S/C14H20O9/c1-8(15)18-7-12-13(22-10(3)17)11(21-9(2)16)6-14(23-12)19-4-5-20-14/h11-13H,4-7H2,1-3H3. The van der Waals surface area contributed by atoms with Crippen molar-refractivity contribution in [3.05, 3.63) is 0 Å². The maximum Gasteiger partial charge on any atom is 0.303 e. The lowest BCUT2D eigenvalue weighted by Crippen LogP contribution is -2.59. The average molecular weight is 332 g/mol. The van der Waals surface area contributed by atoms with Crippen LogP contribution in [0.1, 0.15) is 27.2 Å². The Kier molecular flexibility index (Phi) is 5.55. The predicted molar refractivity (Wildman–Crippen MR) is 71.9 cm³/mol. The van der Waals surface area contributed by atoms with E-state index in [1.165, 1.54) is 20.8 Å². The highest BCUT2D eigenvalue weighted by molar-refractivity contribution is 5.67. The number of esters is 3. The van der Waals surface area contributed by atoms with Crippen molar-refractivity contribution in [1.29, 1.82) is 0 Å². The second kappa shape index (κ2) is 7.24. The molecule has 2 aliphatic heterocycles. The fourth-order valence-corrected chi connectivity index (χ4v) is 2.56. The van der Waals surface area contributed by atoms with Crippen LogP contribution in [0.5, 0.6) is 0 Å². The van der Waals surface area contributed by atoms with Gasteiger partial charge < -0.3 is 28.4 Å². The number of hydrogen-bond donors (Lipinski definition) is 0. The first-order valence-electron chi connectivity index (χ1n) is 7.25. The minimum Gasteiger partial charge on any atom is -0.463 e. The molecule has 9 heteroatoms. The summed E-state index contributed by atoms with van der Waals surface area (Å²) in [6, 6.07) is 0. The van der Waals surface area contributed by atoms with Crippen LogP contribution in [-0.4, -0.2) is 62.0 Å². The first kappa shape index (κ1) is 17.6. The second-order valence-corrected chi connectivity index (χ2v) is 5.26. The average Bonchev–Trinajstić information content (AvgIpc) is 2.87. The van der Waals surface area contributed by atoms with E-state index in [0.29, 0.717) is 13.2 Å². The molecule has 0 saturated carbocycles. The summed E-state index contributed by atoms with van der Waals surface area (Å²) in [5.74, 6) is -3.05. The molecule has 0 radical (unpaired) electrons. The Hall–Kier alpha value is -1.71. The van der Waals surface area contributed by atoms with Crippen molar-refractivity contribution in [1.82, 2.24) is 0 Å². The van der Waals surface area contributed by atoms with Gasteiger partial charge in [-0.25, -0.2) is 0 Å². The third kappa shape index (κ3) is 4.63. The van der Waals surface area contributed by atoms with E-state index >= 15 is 0 Å². The molecule has 0 bridgehead atoms. The van der Waals surface area contributed by atoms with E-state index in [-0.39, 0.29) is 13.0 Å². The molecule has 130 valence electrons. The van der Waals surface area contributed by atoms with Gasteiger partial charge in [0.1, 0.15) is 18.8 Å². The van der Waals surface area contributed by atoms with E-state index in [2.05, 4.69) is 0 Å². The summed E-state index contributed by atoms with van der Waals surface area (Å²) in [6.07, 6.45) is -2.63. The highest BCUT2D eigenvalue weighted by Gasteiger charge is 2.54. The monoisotopic (exact) mass is 332 g/mol. The first-order valence-corrected chi connectivity index (χ1v) is 7.25. The molecule has 0 N–H and O–H groups in total. The fraction of sp³-hybridized carbons (Fsp3) is 0.786. The molecule has 3 atom stereocenters. The Balaban J connectivity index is 2.21. The summed E-state index contributed by atoms with van der Waals surface area (Å²) in [4.78, 5) is 33.8. The molecule has 2 saturated heterocycles. The van der Waals surface area contributed by atoms with Crippen molar-refractivity contribution in [2.45, 2.75) is 51.5 Å². The zero-order chi connectivity index (χ0) is 17.0. The zero-order valence-electron chi connectivity index (χ0n) is 13.2. The summed E-state index contributed by atoms with van der Waals surface area (Å²) >= 11 is 0. The fourth-order valence-electron chi connectivity index (χ4n) is 2.56. The summed E-state index contributed by atoms with van der Waals surface area (Å²) in [5, 5.41) is 0. The molecule has 0 aromatic heterocycles. The van der Waals surface area contributed by atoms with Gasteiger partial charge >= 0.3 is 17.9 Å². The Morgan fingerprint density at radius 1 is 1.00 bits per heavy atom. The Bertz CT molecular complexity index is 469. The van der Waals surface area contributed by atoms with E-state index in [1.54, 1.807) is 0 Å². The molecule has 9 nitrogen and oxygen atoms in total. The minimum atomic E-state index is -1.40. The van der Waals surface area contributed by atoms with Gasteiger partial charge in [0.25, 0.3) is 5.97 Å². The number of rotatable bonds is 4. The summed E-state index contributed by atoms with van der Waals surface area (Å²) in [6.45, 7) is 4.13. The van der Waals surface area contributed by atoms with Gasteiger partial charge in [-0.2, -0.15) is 0 Å². The van der Waals surface area contributed by atoms with Gasteiger partial charge in [-0.1, -0.05) is 0 Å². The van der Waals surface area contributed by atoms with E-state index in [4.69, 9.17) is 28.4 Å². The third-order valence-corrected chi connectivity index (χ3v) is 3.31. The van der Waals surface area contributed by atoms with Gasteiger partial charge in [0.2, 0.25) is 0 Å². The van der Waals surface area contributed by atoms with E-state index in [1.807, 2.05) is 0 Å². The lowest BCUT2D eigenvalue weighted by Gasteiger charge is -2.43. The van der Waals surface area contributed by atoms with Crippen LogP contribution in [0.3, 0.4) is 0 Å². The first-order chi connectivity index (χ1) is 10.8. The van der Waals surface area contributed by atoms with Crippen LogP contribution in [0.25, 0.3) is 0 Å². The maximum atomic E-state index is 11.4. The molecule has 23 heavy (non-hydrogen) atoms. The molecule has 3 unspecified atom stereocenters. The number of carbonyl (C=O) groups excluding carboxylic acids is 3. The summed E-state index contributed by atoms with van der Waals surface area (Å²) in [7, 11) is 0. The van der Waals surface area contributed by atoms with Gasteiger partial charge in [-0.05, 0) is 0 Å². The molecule has 0 aromatic carbocycles. The Morgan fingerprint density at radius 3 is 2.13 bits per heavy atom. The van der Waals surface area contributed by atoms with Crippen LogP contribution in [0, 0.1) is 0 Å². The van der Waals surface area contributed by atoms with Crippen molar-refractivity contribution < 1.29 is 42.8 Å². The van der Waals surface area contributed by atoms with Crippen LogP contribution in [0.2, 0.25) is 0 Å². The van der Waals surface area contributed by atoms with Crippen molar-refractivity contribution in [2.24, 2.45) is 0 Å². The van der Waals surface area contributed by atoms with E-state index < -0.39 is 42.2 Å². The maximum absolute atomic E-state index is 11.4. The summed E-state index contributed by atoms with van der Waals surface area (Å²) < 4.78 is 32.0. The van der Waals surface area contributed by atoms with Crippen LogP contribution < -0.4 is 0 Å². The van der Waals surface area contributed by atoms with Gasteiger partial charge in [-0.15, -0.1) is 0 Å². The quantitative estimate of drug-likeness (QED) is 0.515. The molecule has 0 amide bonds. The number of hydrogen-bond acceptors (Lipinski definition) is 9. The van der Waals surface area contributed by atoms with Crippen LogP contribution in [0.4, 0.5) is 0 Å². The van der Waals surface area contributed by atoms with Gasteiger partial charge in [0, 0.05) is 20.8 Å². The molecular formula is C14H20O9. The van der Waals surface area contributed by atoms with Crippen molar-refractivity contribution in [3.8, 4) is 0 Å². The molecule has 2 fully saturated rings. The SMILES string of the molecule is CC(=O)OCC1OC2(CC(OC(C)=O)C1OC(C)=O)OCCO2. The largest absolute Gasteiger partial charge is 0.463 e. The van der Waals surface area contributed by atoms with Crippen LogP contribution >= 0.6 is 0 Å².